The van der Waals surface area contributed by atoms with Crippen LogP contribution >= 0.6 is 31.9 Å². The molecule has 2 aliphatic carbocycles. The second kappa shape index (κ2) is 7.19. The number of likely N-dealkylation sites (tertiary alicyclic amines) is 1. The van der Waals surface area contributed by atoms with Gasteiger partial charge in [0.25, 0.3) is 5.91 Å². The number of rotatable bonds is 2. The number of amides is 3. The van der Waals surface area contributed by atoms with Gasteiger partial charge in [0.15, 0.2) is 0 Å². The van der Waals surface area contributed by atoms with Crippen LogP contribution in [0, 0.1) is 29.6 Å². The van der Waals surface area contributed by atoms with Crippen molar-refractivity contribution < 1.29 is 14.4 Å². The van der Waals surface area contributed by atoms with E-state index in [4.69, 9.17) is 0 Å². The Balaban J connectivity index is 1.35. The lowest BCUT2D eigenvalue weighted by Crippen LogP contribution is -2.38. The Morgan fingerprint density at radius 1 is 0.931 bits per heavy atom. The van der Waals surface area contributed by atoms with Crippen LogP contribution in [0.5, 0.6) is 0 Å². The fraction of sp³-hybridized carbons (Fsp3) is 0.591. The molecule has 2 saturated carbocycles. The van der Waals surface area contributed by atoms with Crippen molar-refractivity contribution in [2.45, 2.75) is 35.8 Å². The summed E-state index contributed by atoms with van der Waals surface area (Å²) in [5.74, 6) is 0.505. The number of nitrogens with zero attached hydrogens (tertiary/aromatic N) is 2. The smallest absolute Gasteiger partial charge is 0.253 e. The summed E-state index contributed by atoms with van der Waals surface area (Å²) in [4.78, 5) is 42.7. The molecule has 1 aromatic carbocycles. The molecule has 5 nitrogen and oxygen atoms in total. The van der Waals surface area contributed by atoms with E-state index in [0.717, 1.165) is 32.4 Å². The van der Waals surface area contributed by atoms with Gasteiger partial charge in [0.1, 0.15) is 0 Å². The van der Waals surface area contributed by atoms with Gasteiger partial charge in [-0.25, -0.2) is 0 Å². The van der Waals surface area contributed by atoms with Gasteiger partial charge >= 0.3 is 0 Å². The second-order valence-corrected chi connectivity index (χ2v) is 11.2. The highest BCUT2D eigenvalue weighted by Gasteiger charge is 2.66. The van der Waals surface area contributed by atoms with E-state index in [1.807, 2.05) is 4.90 Å². The van der Waals surface area contributed by atoms with E-state index in [1.165, 1.54) is 4.90 Å². The molecular weight excluding hydrogens is 500 g/mol. The normalized spacial score (nSPS) is 36.8. The number of carbonyl (C=O) groups excluding carboxylic acids is 3. The number of benzene rings is 1. The zero-order chi connectivity index (χ0) is 20.4. The van der Waals surface area contributed by atoms with Gasteiger partial charge in [0.05, 0.1) is 17.5 Å². The molecule has 0 N–H and O–H groups in total. The zero-order valence-electron chi connectivity index (χ0n) is 16.3. The van der Waals surface area contributed by atoms with Gasteiger partial charge in [-0.05, 0) is 61.3 Å². The summed E-state index contributed by atoms with van der Waals surface area (Å²) in [6.45, 7) is 3.80. The van der Waals surface area contributed by atoms with E-state index < -0.39 is 0 Å². The Hall–Kier alpha value is -1.21. The van der Waals surface area contributed by atoms with Crippen molar-refractivity contribution in [1.29, 1.82) is 0 Å². The van der Waals surface area contributed by atoms with Crippen LogP contribution in [0.2, 0.25) is 0 Å². The highest BCUT2D eigenvalue weighted by atomic mass is 79.9. The van der Waals surface area contributed by atoms with Crippen LogP contribution in [0.25, 0.3) is 0 Å². The van der Waals surface area contributed by atoms with Crippen molar-refractivity contribution in [3.8, 4) is 0 Å². The fourth-order valence-electron chi connectivity index (χ4n) is 5.75. The van der Waals surface area contributed by atoms with E-state index in [1.54, 1.807) is 24.3 Å². The molecule has 4 aliphatic rings. The Bertz CT molecular complexity index is 833. The van der Waals surface area contributed by atoms with Gasteiger partial charge in [0, 0.05) is 28.3 Å². The van der Waals surface area contributed by atoms with Crippen LogP contribution in [0.1, 0.15) is 36.5 Å². The van der Waals surface area contributed by atoms with Gasteiger partial charge in [-0.2, -0.15) is 0 Å². The average Bonchev–Trinajstić information content (AvgIpc) is 3.33. The molecule has 0 radical (unpaired) electrons. The zero-order valence-corrected chi connectivity index (χ0v) is 19.4. The predicted octanol–water partition coefficient (Wildman–Crippen LogP) is 3.84. The van der Waals surface area contributed by atoms with E-state index in [2.05, 4.69) is 38.8 Å². The Labute approximate surface area is 187 Å². The minimum absolute atomic E-state index is 0.0294. The molecule has 2 saturated heterocycles. The van der Waals surface area contributed by atoms with Crippen molar-refractivity contribution >= 4 is 55.3 Å². The Kier molecular flexibility index (Phi) is 4.89. The molecule has 29 heavy (non-hydrogen) atoms. The van der Waals surface area contributed by atoms with E-state index >= 15 is 0 Å². The van der Waals surface area contributed by atoms with Gasteiger partial charge in [-0.15, -0.1) is 0 Å². The van der Waals surface area contributed by atoms with Crippen LogP contribution < -0.4 is 4.90 Å². The summed E-state index contributed by atoms with van der Waals surface area (Å²) in [5, 5.41) is 0. The molecule has 3 amide bonds. The van der Waals surface area contributed by atoms with Crippen molar-refractivity contribution in [2.75, 3.05) is 18.0 Å². The quantitative estimate of drug-likeness (QED) is 0.437. The summed E-state index contributed by atoms with van der Waals surface area (Å²) in [6.07, 6.45) is 3.00. The summed E-state index contributed by atoms with van der Waals surface area (Å²) >= 11 is 7.43. The maximum absolute atomic E-state index is 13.1. The molecule has 0 aromatic heterocycles. The molecule has 2 bridgehead atoms. The second-order valence-electron chi connectivity index (χ2n) is 9.04. The number of anilines is 1. The highest BCUT2D eigenvalue weighted by Crippen LogP contribution is 2.60. The highest BCUT2D eigenvalue weighted by molar-refractivity contribution is 9.12. The minimum atomic E-state index is -0.220. The molecule has 5 rings (SSSR count). The lowest BCUT2D eigenvalue weighted by molar-refractivity contribution is -0.123. The lowest BCUT2D eigenvalue weighted by Gasteiger charge is -2.30. The van der Waals surface area contributed by atoms with Crippen LogP contribution in [0.3, 0.4) is 0 Å². The van der Waals surface area contributed by atoms with Gasteiger partial charge in [-0.3, -0.25) is 19.3 Å². The third-order valence-electron chi connectivity index (χ3n) is 7.43. The predicted molar refractivity (Wildman–Crippen MR) is 117 cm³/mol. The third kappa shape index (κ3) is 2.94. The van der Waals surface area contributed by atoms with Crippen LogP contribution in [0.15, 0.2) is 24.3 Å². The molecule has 4 fully saturated rings. The number of hydrogen-bond acceptors (Lipinski definition) is 3. The Morgan fingerprint density at radius 3 is 1.97 bits per heavy atom. The van der Waals surface area contributed by atoms with Gasteiger partial charge in [-0.1, -0.05) is 38.8 Å². The monoisotopic (exact) mass is 522 g/mol. The first kappa shape index (κ1) is 19.7. The first-order valence-electron chi connectivity index (χ1n) is 10.4. The SMILES string of the molecule is CC1CCN(C(=O)c2ccc(N3C(=O)[C@@H]4[C@H]5C[C@@H]([C@H](Br)[C@H]5Br)[C@H]4C3=O)cc2)CC1. The number of hydrogen-bond donors (Lipinski definition) is 0. The summed E-state index contributed by atoms with van der Waals surface area (Å²) in [6, 6.07) is 6.99. The van der Waals surface area contributed by atoms with E-state index in [0.29, 0.717) is 17.2 Å². The van der Waals surface area contributed by atoms with Crippen LogP contribution in [-0.4, -0.2) is 45.4 Å². The number of piperidine rings is 1. The Morgan fingerprint density at radius 2 is 1.45 bits per heavy atom. The molecule has 0 unspecified atom stereocenters. The van der Waals surface area contributed by atoms with Crippen LogP contribution in [-0.2, 0) is 9.59 Å². The average molecular weight is 524 g/mol. The number of fused-ring (bicyclic) bond motifs is 5. The number of halogens is 2. The van der Waals surface area contributed by atoms with Crippen LogP contribution in [0.4, 0.5) is 5.69 Å². The topological polar surface area (TPSA) is 57.7 Å². The third-order valence-corrected chi connectivity index (χ3v) is 10.6. The largest absolute Gasteiger partial charge is 0.339 e. The summed E-state index contributed by atoms with van der Waals surface area (Å²) < 4.78 is 0. The molecule has 6 atom stereocenters. The van der Waals surface area contributed by atoms with Crippen molar-refractivity contribution in [2.24, 2.45) is 29.6 Å². The van der Waals surface area contributed by atoms with Crippen molar-refractivity contribution in [3.05, 3.63) is 29.8 Å². The van der Waals surface area contributed by atoms with E-state index in [-0.39, 0.29) is 51.0 Å². The van der Waals surface area contributed by atoms with Crippen molar-refractivity contribution in [3.63, 3.8) is 0 Å². The summed E-state index contributed by atoms with van der Waals surface area (Å²) in [5.41, 5.74) is 1.19. The maximum Gasteiger partial charge on any atom is 0.253 e. The molecule has 154 valence electrons. The maximum atomic E-state index is 13.1. The minimum Gasteiger partial charge on any atom is -0.339 e. The summed E-state index contributed by atoms with van der Waals surface area (Å²) in [7, 11) is 0. The molecule has 0 spiro atoms. The lowest BCUT2D eigenvalue weighted by atomic mass is 9.81. The standard InChI is InChI=1S/C22H24Br2N2O3/c1-11-6-8-25(9-7-11)20(27)12-2-4-13(5-3-12)26-21(28)16-14-10-15(17(16)22(26)29)19(24)18(14)23/h2-5,11,14-19H,6-10H2,1H3/t14-,15-,16-,17-,18+,19+/m1/s1. The molecule has 7 heteroatoms. The fourth-order valence-corrected chi connectivity index (χ4v) is 7.62. The first-order valence-corrected chi connectivity index (χ1v) is 12.3. The molecule has 2 heterocycles. The van der Waals surface area contributed by atoms with Gasteiger partial charge < -0.3 is 4.90 Å². The van der Waals surface area contributed by atoms with Crippen molar-refractivity contribution in [1.82, 2.24) is 4.90 Å². The number of alkyl halides is 2. The number of imide groups is 1. The first-order chi connectivity index (χ1) is 13.9. The number of carbonyl (C=O) groups is 3. The molecule has 2 aliphatic heterocycles. The molecular formula is C22H24Br2N2O3. The molecule has 1 aromatic rings. The van der Waals surface area contributed by atoms with Gasteiger partial charge in [0.2, 0.25) is 11.8 Å². The van der Waals surface area contributed by atoms with E-state index in [9.17, 15) is 14.4 Å².